The summed E-state index contributed by atoms with van der Waals surface area (Å²) in [4.78, 5) is 16.9. The number of hydrogen-bond acceptors (Lipinski definition) is 4. The molecule has 0 radical (unpaired) electrons. The molecule has 0 aliphatic rings. The van der Waals surface area contributed by atoms with Gasteiger partial charge in [0.1, 0.15) is 17.4 Å². The summed E-state index contributed by atoms with van der Waals surface area (Å²) in [6.45, 7) is 31.6. The molecule has 11 aromatic rings. The van der Waals surface area contributed by atoms with Crippen LogP contribution in [0, 0.1) is 6.07 Å². The van der Waals surface area contributed by atoms with E-state index in [1.807, 2.05) is 0 Å². The van der Waals surface area contributed by atoms with Crippen molar-refractivity contribution in [1.82, 2.24) is 23.9 Å². The number of phenols is 1. The van der Waals surface area contributed by atoms with Crippen molar-refractivity contribution < 1.29 is 26.2 Å². The van der Waals surface area contributed by atoms with Crippen LogP contribution in [0.5, 0.6) is 5.75 Å². The first-order valence-electron chi connectivity index (χ1n) is 27.7. The molecule has 0 saturated carbocycles. The first-order chi connectivity index (χ1) is 36.7. The third-order valence-corrected chi connectivity index (χ3v) is 15.7. The van der Waals surface area contributed by atoms with Gasteiger partial charge in [0, 0.05) is 37.7 Å². The van der Waals surface area contributed by atoms with E-state index in [9.17, 15) is 5.11 Å². The minimum atomic E-state index is -0.346. The average molecular weight is 1210 g/mol. The van der Waals surface area contributed by atoms with Crippen molar-refractivity contribution in [3.05, 3.63) is 191 Å². The number of aromatic hydroxyl groups is 1. The number of imidazole rings is 2. The molecule has 0 unspecified atom stereocenters. The van der Waals surface area contributed by atoms with E-state index in [0.29, 0.717) is 11.4 Å². The molecule has 6 nitrogen and oxygen atoms in total. The molecule has 0 spiro atoms. The van der Waals surface area contributed by atoms with Gasteiger partial charge in [-0.25, -0.2) is 4.98 Å². The maximum atomic E-state index is 12.8. The van der Waals surface area contributed by atoms with Gasteiger partial charge in [0.05, 0.1) is 39.0 Å². The molecule has 0 aliphatic heterocycles. The monoisotopic (exact) mass is 1210 g/mol. The Morgan fingerprint density at radius 3 is 1.56 bits per heavy atom. The number of nitrogens with zero attached hydrogens (tertiary/aromatic N) is 5. The minimum absolute atomic E-state index is 0. The number of aromatic nitrogens is 5. The number of benzene rings is 8. The van der Waals surface area contributed by atoms with Crippen LogP contribution in [0.4, 0.5) is 0 Å². The van der Waals surface area contributed by atoms with Crippen molar-refractivity contribution in [2.45, 2.75) is 131 Å². The number of fused-ring (bicyclic) bond motifs is 6. The molecule has 0 fully saturated rings. The maximum Gasteiger partial charge on any atom is 0.148 e. The topological polar surface area (TPSA) is 68.2 Å². The summed E-state index contributed by atoms with van der Waals surface area (Å²) >= 11 is 0. The number of phenolic OH excluding ortho intramolecular Hbond substituents is 1. The quantitative estimate of drug-likeness (QED) is 0.139. The molecule has 3 aromatic heterocycles. The number of rotatable bonds is 10. The Morgan fingerprint density at radius 1 is 0.474 bits per heavy atom. The van der Waals surface area contributed by atoms with Crippen molar-refractivity contribution in [2.24, 2.45) is 0 Å². The van der Waals surface area contributed by atoms with Crippen molar-refractivity contribution in [2.75, 3.05) is 0 Å². The second-order valence-corrected chi connectivity index (χ2v) is 24.6. The smallest absolute Gasteiger partial charge is 0.148 e. The zero-order valence-electron chi connectivity index (χ0n) is 47.7. The number of para-hydroxylation sites is 3. The first kappa shape index (κ1) is 54.2. The van der Waals surface area contributed by atoms with Gasteiger partial charge in [-0.05, 0) is 121 Å². The van der Waals surface area contributed by atoms with E-state index in [2.05, 4.69) is 264 Å². The Hall–Kier alpha value is -7.14. The molecule has 1 N–H and O–H groups in total. The Kier molecular flexibility index (Phi) is 14.3. The fourth-order valence-electron chi connectivity index (χ4n) is 11.4. The van der Waals surface area contributed by atoms with Gasteiger partial charge in [0.15, 0.2) is 0 Å². The molecule has 0 atom stereocenters. The molecule has 78 heavy (non-hydrogen) atoms. The van der Waals surface area contributed by atoms with Crippen LogP contribution >= 0.6 is 0 Å². The molecule has 0 amide bonds. The van der Waals surface area contributed by atoms with E-state index < -0.39 is 0 Å². The molecular weight excluding hydrogens is 1130 g/mol. The molecule has 398 valence electrons. The number of hydrogen-bond donors (Lipinski definition) is 1. The summed E-state index contributed by atoms with van der Waals surface area (Å²) in [6.07, 6.45) is 0. The molecular formula is C71H72N5OPt-. The third-order valence-electron chi connectivity index (χ3n) is 15.7. The second kappa shape index (κ2) is 20.6. The molecule has 3 heterocycles. The van der Waals surface area contributed by atoms with Gasteiger partial charge in [-0.15, -0.1) is 23.8 Å². The minimum Gasteiger partial charge on any atom is -0.507 e. The summed E-state index contributed by atoms with van der Waals surface area (Å²) in [6, 6.07) is 58.4. The molecule has 7 heteroatoms. The summed E-state index contributed by atoms with van der Waals surface area (Å²) in [5.74, 6) is 2.60. The van der Waals surface area contributed by atoms with Crippen molar-refractivity contribution >= 4 is 38.6 Å². The van der Waals surface area contributed by atoms with E-state index in [0.717, 1.165) is 77.9 Å². The summed E-state index contributed by atoms with van der Waals surface area (Å²) in [5, 5.41) is 13.6. The summed E-state index contributed by atoms with van der Waals surface area (Å²) < 4.78 is 4.64. The van der Waals surface area contributed by atoms with Crippen LogP contribution in [0.15, 0.2) is 152 Å². The second-order valence-electron chi connectivity index (χ2n) is 24.6. The van der Waals surface area contributed by atoms with Gasteiger partial charge in [-0.1, -0.05) is 211 Å². The molecule has 0 aliphatic carbocycles. The van der Waals surface area contributed by atoms with Gasteiger partial charge in [-0.2, -0.15) is 0 Å². The Bertz CT molecular complexity index is 4010. The average Bonchev–Trinajstić information content (AvgIpc) is 4.16. The zero-order valence-corrected chi connectivity index (χ0v) is 50.0. The zero-order chi connectivity index (χ0) is 54.4. The molecule has 8 aromatic carbocycles. The van der Waals surface area contributed by atoms with Gasteiger partial charge in [0.2, 0.25) is 0 Å². The largest absolute Gasteiger partial charge is 0.507 e. The summed E-state index contributed by atoms with van der Waals surface area (Å²) in [5.41, 5.74) is 21.3. The molecule has 11 rings (SSSR count). The molecule has 0 bridgehead atoms. The fourth-order valence-corrected chi connectivity index (χ4v) is 11.4. The first-order valence-corrected chi connectivity index (χ1v) is 27.7. The van der Waals surface area contributed by atoms with Crippen LogP contribution in [0.2, 0.25) is 0 Å². The van der Waals surface area contributed by atoms with E-state index in [4.69, 9.17) is 15.0 Å². The van der Waals surface area contributed by atoms with Gasteiger partial charge in [0.25, 0.3) is 0 Å². The van der Waals surface area contributed by atoms with Crippen molar-refractivity contribution in [3.63, 3.8) is 0 Å². The Balaban J connectivity index is 0.00000688. The summed E-state index contributed by atoms with van der Waals surface area (Å²) in [7, 11) is 0. The van der Waals surface area contributed by atoms with Crippen LogP contribution in [0.25, 0.3) is 100 Å². The van der Waals surface area contributed by atoms with Crippen LogP contribution in [-0.2, 0) is 31.9 Å². The van der Waals surface area contributed by atoms with Gasteiger partial charge < -0.3 is 9.51 Å². The fraction of sp³-hybridized carbons (Fsp3) is 0.282. The van der Waals surface area contributed by atoms with E-state index >= 15 is 0 Å². The van der Waals surface area contributed by atoms with Crippen LogP contribution in [-0.4, -0.2) is 29.0 Å². The Labute approximate surface area is 475 Å². The predicted molar refractivity (Wildman–Crippen MR) is 324 cm³/mol. The van der Waals surface area contributed by atoms with Crippen LogP contribution in [0.1, 0.15) is 154 Å². The Morgan fingerprint density at radius 2 is 1.01 bits per heavy atom. The van der Waals surface area contributed by atoms with E-state index in [1.165, 1.54) is 44.5 Å². The maximum absolute atomic E-state index is 12.8. The van der Waals surface area contributed by atoms with E-state index in [1.54, 1.807) is 0 Å². The third kappa shape index (κ3) is 9.48. The van der Waals surface area contributed by atoms with Crippen molar-refractivity contribution in [1.29, 1.82) is 0 Å². The SMILES string of the molecule is CC(C)c1cc(-c2ccccc2)cc(C(C)C)c1-c1nc2ccc(-c3cccc4c3nc(-c3cc(C(C)(C)C)cc(C(C)(C)C)c3O)n4-c3c(C(C)C)cc(-c4ccccc4)cc3C(C)C)[c-]c2c2nc3ccccc3n12.[Pt]. The van der Waals surface area contributed by atoms with E-state index in [-0.39, 0.29) is 61.3 Å². The predicted octanol–water partition coefficient (Wildman–Crippen LogP) is 19.3. The standard InChI is InChI=1S/C71H72N5O.Pt/c1-41(2)52-35-48(45-24-17-15-18-25-45)36-53(42(3)4)63(52)69-72-59-33-32-47(34-56(59)67-73-60-29-21-22-30-61(60)76(67)69)51-28-23-31-62-64(51)74-68(57-39-50(70(9,10)11)40-58(66(57)77)71(12,13)14)75(62)65-54(43(5)6)37-49(38-55(65)44(7)8)46-26-19-16-20-27-46;/h15-33,35-44,77H,1-14H3;/q-1;. The normalized spacial score (nSPS) is 12.4. The molecule has 0 saturated heterocycles. The van der Waals surface area contributed by atoms with Crippen molar-refractivity contribution in [3.8, 4) is 67.6 Å². The van der Waals surface area contributed by atoms with Gasteiger partial charge in [-0.3, -0.25) is 14.5 Å². The van der Waals surface area contributed by atoms with Crippen LogP contribution < -0.4 is 0 Å². The van der Waals surface area contributed by atoms with Crippen LogP contribution in [0.3, 0.4) is 0 Å². The van der Waals surface area contributed by atoms with Gasteiger partial charge >= 0.3 is 0 Å².